The Kier molecular flexibility index (Phi) is 5.86. The smallest absolute Gasteiger partial charge is 0.308 e. The van der Waals surface area contributed by atoms with Gasteiger partial charge in [-0.3, -0.25) is 9.69 Å². The number of nitrogens with zero attached hydrogens (tertiary/aromatic N) is 1. The second-order valence-corrected chi connectivity index (χ2v) is 6.69. The quantitative estimate of drug-likeness (QED) is 0.807. The lowest BCUT2D eigenvalue weighted by atomic mass is 9.88. The van der Waals surface area contributed by atoms with E-state index in [4.69, 9.17) is 14.2 Å². The van der Waals surface area contributed by atoms with Gasteiger partial charge in [-0.25, -0.2) is 0 Å². The molecule has 1 saturated heterocycles. The largest absolute Gasteiger partial charge is 0.493 e. The fourth-order valence-electron chi connectivity index (χ4n) is 3.76. The standard InChI is InChI=1S/C21H25NO5/c1-25-18-9-15(10-19(26-2)20(18)27-3)16-12-22(13-17(16)21(23)24)11-14-7-5-4-6-8-14/h4-10,16-17H,11-13H2,1-3H3,(H,23,24). The minimum Gasteiger partial charge on any atom is -0.493 e. The van der Waals surface area contributed by atoms with Gasteiger partial charge in [0.1, 0.15) is 0 Å². The molecule has 1 aliphatic heterocycles. The van der Waals surface area contributed by atoms with E-state index in [1.165, 1.54) is 5.56 Å². The van der Waals surface area contributed by atoms with Crippen LogP contribution >= 0.6 is 0 Å². The maximum atomic E-state index is 11.9. The number of likely N-dealkylation sites (tertiary alicyclic amines) is 1. The van der Waals surface area contributed by atoms with Crippen LogP contribution in [0, 0.1) is 5.92 Å². The second-order valence-electron chi connectivity index (χ2n) is 6.69. The Morgan fingerprint density at radius 3 is 2.19 bits per heavy atom. The monoisotopic (exact) mass is 371 g/mol. The summed E-state index contributed by atoms with van der Waals surface area (Å²) in [6.45, 7) is 1.89. The maximum Gasteiger partial charge on any atom is 0.308 e. The number of hydrogen-bond acceptors (Lipinski definition) is 5. The Morgan fingerprint density at radius 2 is 1.67 bits per heavy atom. The van der Waals surface area contributed by atoms with Crippen LogP contribution in [0.15, 0.2) is 42.5 Å². The van der Waals surface area contributed by atoms with Crippen LogP contribution in [0.2, 0.25) is 0 Å². The number of benzene rings is 2. The Morgan fingerprint density at radius 1 is 1.04 bits per heavy atom. The average molecular weight is 371 g/mol. The summed E-state index contributed by atoms with van der Waals surface area (Å²) in [5.41, 5.74) is 2.06. The van der Waals surface area contributed by atoms with E-state index in [0.717, 1.165) is 12.1 Å². The van der Waals surface area contributed by atoms with Crippen LogP contribution in [-0.4, -0.2) is 50.4 Å². The van der Waals surface area contributed by atoms with E-state index in [1.54, 1.807) is 21.3 Å². The molecule has 2 aromatic rings. The summed E-state index contributed by atoms with van der Waals surface area (Å²) in [6, 6.07) is 13.8. The van der Waals surface area contributed by atoms with Gasteiger partial charge in [-0.2, -0.15) is 0 Å². The number of rotatable bonds is 7. The van der Waals surface area contributed by atoms with Crippen molar-refractivity contribution in [2.24, 2.45) is 5.92 Å². The van der Waals surface area contributed by atoms with Crippen molar-refractivity contribution < 1.29 is 24.1 Å². The number of carboxylic acid groups (broad SMARTS) is 1. The second kappa shape index (κ2) is 8.31. The van der Waals surface area contributed by atoms with Crippen molar-refractivity contribution in [1.29, 1.82) is 0 Å². The Balaban J connectivity index is 1.90. The molecule has 0 spiro atoms. The Hall–Kier alpha value is -2.73. The van der Waals surface area contributed by atoms with E-state index in [1.807, 2.05) is 30.3 Å². The predicted octanol–water partition coefficient (Wildman–Crippen LogP) is 3.01. The van der Waals surface area contributed by atoms with E-state index in [9.17, 15) is 9.90 Å². The summed E-state index contributed by atoms with van der Waals surface area (Å²) < 4.78 is 16.2. The highest BCUT2D eigenvalue weighted by atomic mass is 16.5. The van der Waals surface area contributed by atoms with Gasteiger partial charge in [0.2, 0.25) is 5.75 Å². The normalized spacial score (nSPS) is 19.7. The highest BCUT2D eigenvalue weighted by Gasteiger charge is 2.39. The molecule has 2 atom stereocenters. The Bertz CT molecular complexity index is 767. The summed E-state index contributed by atoms with van der Waals surface area (Å²) in [7, 11) is 4.68. The topological polar surface area (TPSA) is 68.2 Å². The maximum absolute atomic E-state index is 11.9. The van der Waals surface area contributed by atoms with Gasteiger partial charge in [0, 0.05) is 25.6 Å². The van der Waals surface area contributed by atoms with Crippen LogP contribution < -0.4 is 14.2 Å². The Labute approximate surface area is 159 Å². The molecule has 1 fully saturated rings. The predicted molar refractivity (Wildman–Crippen MR) is 102 cm³/mol. The van der Waals surface area contributed by atoms with Crippen molar-refractivity contribution in [2.45, 2.75) is 12.5 Å². The van der Waals surface area contributed by atoms with E-state index in [-0.39, 0.29) is 5.92 Å². The van der Waals surface area contributed by atoms with Gasteiger partial charge in [0.15, 0.2) is 11.5 Å². The van der Waals surface area contributed by atoms with Crippen LogP contribution in [0.25, 0.3) is 0 Å². The molecule has 1 aliphatic rings. The third kappa shape index (κ3) is 4.01. The van der Waals surface area contributed by atoms with Crippen LogP contribution in [0.5, 0.6) is 17.2 Å². The van der Waals surface area contributed by atoms with E-state index in [0.29, 0.717) is 30.3 Å². The van der Waals surface area contributed by atoms with Gasteiger partial charge in [-0.15, -0.1) is 0 Å². The molecule has 1 N–H and O–H groups in total. The molecule has 0 amide bonds. The zero-order valence-electron chi connectivity index (χ0n) is 15.8. The van der Waals surface area contributed by atoms with Crippen molar-refractivity contribution in [3.8, 4) is 17.2 Å². The minimum absolute atomic E-state index is 0.153. The third-order valence-electron chi connectivity index (χ3n) is 5.08. The first-order valence-electron chi connectivity index (χ1n) is 8.86. The number of aliphatic carboxylic acids is 1. The summed E-state index contributed by atoms with van der Waals surface area (Å²) in [5.74, 6) is 0.158. The molecule has 6 nitrogen and oxygen atoms in total. The summed E-state index contributed by atoms with van der Waals surface area (Å²) in [6.07, 6.45) is 0. The summed E-state index contributed by atoms with van der Waals surface area (Å²) in [5, 5.41) is 9.77. The van der Waals surface area contributed by atoms with Crippen molar-refractivity contribution >= 4 is 5.97 Å². The molecule has 3 rings (SSSR count). The van der Waals surface area contributed by atoms with E-state index < -0.39 is 11.9 Å². The van der Waals surface area contributed by atoms with E-state index in [2.05, 4.69) is 17.0 Å². The fraction of sp³-hybridized carbons (Fsp3) is 0.381. The molecule has 2 unspecified atom stereocenters. The first kappa shape index (κ1) is 19.0. The lowest BCUT2D eigenvalue weighted by Crippen LogP contribution is -2.23. The number of hydrogen-bond donors (Lipinski definition) is 1. The van der Waals surface area contributed by atoms with Crippen LogP contribution in [0.1, 0.15) is 17.0 Å². The number of carboxylic acids is 1. The molecule has 0 aromatic heterocycles. The molecule has 0 aliphatic carbocycles. The van der Waals surface area contributed by atoms with Crippen LogP contribution in [0.4, 0.5) is 0 Å². The highest BCUT2D eigenvalue weighted by molar-refractivity contribution is 5.72. The van der Waals surface area contributed by atoms with Gasteiger partial charge in [-0.05, 0) is 23.3 Å². The lowest BCUT2D eigenvalue weighted by molar-refractivity contribution is -0.141. The van der Waals surface area contributed by atoms with Crippen LogP contribution in [-0.2, 0) is 11.3 Å². The zero-order valence-corrected chi connectivity index (χ0v) is 15.8. The van der Waals surface area contributed by atoms with Crippen LogP contribution in [0.3, 0.4) is 0 Å². The molecule has 0 radical (unpaired) electrons. The lowest BCUT2D eigenvalue weighted by Gasteiger charge is -2.20. The average Bonchev–Trinajstić information content (AvgIpc) is 3.11. The summed E-state index contributed by atoms with van der Waals surface area (Å²) in [4.78, 5) is 14.1. The van der Waals surface area contributed by atoms with Crippen molar-refractivity contribution in [2.75, 3.05) is 34.4 Å². The third-order valence-corrected chi connectivity index (χ3v) is 5.08. The SMILES string of the molecule is COc1cc(C2CN(Cc3ccccc3)CC2C(=O)O)cc(OC)c1OC. The molecule has 6 heteroatoms. The minimum atomic E-state index is -0.788. The molecular formula is C21H25NO5. The van der Waals surface area contributed by atoms with Gasteiger partial charge in [0.25, 0.3) is 0 Å². The molecule has 27 heavy (non-hydrogen) atoms. The summed E-state index contributed by atoms with van der Waals surface area (Å²) >= 11 is 0. The fourth-order valence-corrected chi connectivity index (χ4v) is 3.76. The van der Waals surface area contributed by atoms with Crippen molar-refractivity contribution in [1.82, 2.24) is 4.90 Å². The van der Waals surface area contributed by atoms with Gasteiger partial charge in [0.05, 0.1) is 27.2 Å². The van der Waals surface area contributed by atoms with Gasteiger partial charge >= 0.3 is 5.97 Å². The molecule has 1 heterocycles. The molecule has 0 saturated carbocycles. The first-order valence-corrected chi connectivity index (χ1v) is 8.86. The number of ether oxygens (including phenoxy) is 3. The molecule has 2 aromatic carbocycles. The van der Waals surface area contributed by atoms with Crippen molar-refractivity contribution in [3.05, 3.63) is 53.6 Å². The number of carbonyl (C=O) groups is 1. The van der Waals surface area contributed by atoms with Gasteiger partial charge in [-0.1, -0.05) is 30.3 Å². The van der Waals surface area contributed by atoms with Gasteiger partial charge < -0.3 is 19.3 Å². The number of methoxy groups -OCH3 is 3. The first-order chi connectivity index (χ1) is 13.1. The zero-order chi connectivity index (χ0) is 19.4. The molecular weight excluding hydrogens is 346 g/mol. The highest BCUT2D eigenvalue weighted by Crippen LogP contribution is 2.43. The van der Waals surface area contributed by atoms with Crippen molar-refractivity contribution in [3.63, 3.8) is 0 Å². The van der Waals surface area contributed by atoms with E-state index >= 15 is 0 Å². The molecule has 0 bridgehead atoms. The molecule has 144 valence electrons.